The Morgan fingerprint density at radius 3 is 2.73 bits per heavy atom. The first kappa shape index (κ1) is 18.3. The number of hydrogen-bond donors (Lipinski definition) is 1. The van der Waals surface area contributed by atoms with Gasteiger partial charge in [-0.1, -0.05) is 18.2 Å². The van der Waals surface area contributed by atoms with Crippen molar-refractivity contribution in [2.24, 2.45) is 11.8 Å². The van der Waals surface area contributed by atoms with Gasteiger partial charge in [0.25, 0.3) is 0 Å². The number of ether oxygens (including phenoxy) is 2. The first-order chi connectivity index (χ1) is 12.3. The molecule has 138 valence electrons. The van der Waals surface area contributed by atoms with Gasteiger partial charge in [-0.15, -0.1) is 0 Å². The second kappa shape index (κ2) is 6.68. The smallest absolute Gasteiger partial charge is 0.334 e. The normalized spacial score (nSPS) is 32.0. The summed E-state index contributed by atoms with van der Waals surface area (Å²) in [6.07, 6.45) is 2.07. The zero-order valence-electron chi connectivity index (χ0n) is 15.1. The van der Waals surface area contributed by atoms with Crippen molar-refractivity contribution in [3.63, 3.8) is 0 Å². The van der Waals surface area contributed by atoms with E-state index in [9.17, 15) is 19.5 Å². The van der Waals surface area contributed by atoms with E-state index in [1.165, 1.54) is 6.08 Å². The highest BCUT2D eigenvalue weighted by Crippen LogP contribution is 2.48. The number of allylic oxidation sites excluding steroid dienone is 2. The van der Waals surface area contributed by atoms with Gasteiger partial charge in [0.15, 0.2) is 5.78 Å². The van der Waals surface area contributed by atoms with E-state index in [0.29, 0.717) is 23.1 Å². The maximum absolute atomic E-state index is 12.5. The van der Waals surface area contributed by atoms with Crippen LogP contribution in [0.15, 0.2) is 46.6 Å². The zero-order chi connectivity index (χ0) is 19.2. The van der Waals surface area contributed by atoms with E-state index >= 15 is 0 Å². The van der Waals surface area contributed by atoms with E-state index in [4.69, 9.17) is 9.47 Å². The van der Waals surface area contributed by atoms with Crippen molar-refractivity contribution < 1.29 is 29.0 Å². The van der Waals surface area contributed by atoms with E-state index in [1.807, 2.05) is 6.92 Å². The number of fused-ring (bicyclic) bond motifs is 3. The van der Waals surface area contributed by atoms with Crippen molar-refractivity contribution >= 4 is 17.7 Å². The van der Waals surface area contributed by atoms with Gasteiger partial charge in [-0.3, -0.25) is 4.79 Å². The number of ketones is 1. The van der Waals surface area contributed by atoms with Crippen LogP contribution in [0.2, 0.25) is 0 Å². The van der Waals surface area contributed by atoms with Gasteiger partial charge < -0.3 is 14.6 Å². The van der Waals surface area contributed by atoms with Crippen molar-refractivity contribution in [1.82, 2.24) is 0 Å². The molecule has 2 aliphatic carbocycles. The third-order valence-corrected chi connectivity index (χ3v) is 5.28. The summed E-state index contributed by atoms with van der Waals surface area (Å²) in [5.74, 6) is -2.22. The molecule has 3 rings (SSSR count). The molecule has 1 N–H and O–H groups in total. The minimum atomic E-state index is -0.686. The fourth-order valence-corrected chi connectivity index (χ4v) is 4.14. The topological polar surface area (TPSA) is 89.9 Å². The molecule has 0 unspecified atom stereocenters. The Kier molecular flexibility index (Phi) is 4.71. The maximum atomic E-state index is 12.5. The second-order valence-electron chi connectivity index (χ2n) is 6.98. The van der Waals surface area contributed by atoms with Crippen molar-refractivity contribution in [3.8, 4) is 0 Å². The van der Waals surface area contributed by atoms with Crippen molar-refractivity contribution in [2.45, 2.75) is 39.4 Å². The molecule has 1 saturated heterocycles. The van der Waals surface area contributed by atoms with Crippen molar-refractivity contribution in [2.75, 3.05) is 6.61 Å². The summed E-state index contributed by atoms with van der Waals surface area (Å²) >= 11 is 0. The molecule has 0 spiro atoms. The van der Waals surface area contributed by atoms with Gasteiger partial charge in [0.1, 0.15) is 12.2 Å². The molecule has 0 aromatic carbocycles. The van der Waals surface area contributed by atoms with E-state index in [1.54, 1.807) is 19.9 Å². The standard InChI is InChI=1S/C20H22O6/c1-5-12-17-14(25-19(23)9(2)3)6-10(4)15-13(22)7-11(8-21)16(15)18(17)26-20(12)24/h5,7,14,16-18,21H,2,6,8H2,1,3-4H3/b12-5-/t14-,16-,17+,18+/m0/s1. The Labute approximate surface area is 151 Å². The van der Waals surface area contributed by atoms with Crippen LogP contribution in [-0.2, 0) is 23.9 Å². The molecule has 6 heteroatoms. The molecular weight excluding hydrogens is 336 g/mol. The first-order valence-corrected chi connectivity index (χ1v) is 8.59. The molecule has 1 heterocycles. The van der Waals surface area contributed by atoms with E-state index in [0.717, 1.165) is 5.57 Å². The highest BCUT2D eigenvalue weighted by Gasteiger charge is 2.54. The molecule has 0 saturated carbocycles. The molecule has 6 nitrogen and oxygen atoms in total. The third-order valence-electron chi connectivity index (χ3n) is 5.28. The molecule has 1 aliphatic heterocycles. The average Bonchev–Trinajstić information content (AvgIpc) is 3.06. The van der Waals surface area contributed by atoms with E-state index < -0.39 is 36.0 Å². The van der Waals surface area contributed by atoms with Crippen LogP contribution in [0.3, 0.4) is 0 Å². The van der Waals surface area contributed by atoms with Crippen molar-refractivity contribution in [1.29, 1.82) is 0 Å². The first-order valence-electron chi connectivity index (χ1n) is 8.59. The van der Waals surface area contributed by atoms with Crippen LogP contribution in [-0.4, -0.2) is 41.6 Å². The number of rotatable bonds is 3. The number of aliphatic hydroxyl groups excluding tert-OH is 1. The maximum Gasteiger partial charge on any atom is 0.334 e. The van der Waals surface area contributed by atoms with Crippen LogP contribution in [0, 0.1) is 11.8 Å². The molecule has 4 atom stereocenters. The summed E-state index contributed by atoms with van der Waals surface area (Å²) in [6, 6.07) is 0. The summed E-state index contributed by atoms with van der Waals surface area (Å²) < 4.78 is 11.2. The van der Waals surface area contributed by atoms with E-state index in [2.05, 4.69) is 6.58 Å². The van der Waals surface area contributed by atoms with Crippen LogP contribution in [0.1, 0.15) is 27.2 Å². The Bertz CT molecular complexity index is 797. The summed E-state index contributed by atoms with van der Waals surface area (Å²) in [5, 5.41) is 9.70. The lowest BCUT2D eigenvalue weighted by Gasteiger charge is -2.28. The molecule has 3 aliphatic rings. The number of hydrogen-bond acceptors (Lipinski definition) is 6. The second-order valence-corrected chi connectivity index (χ2v) is 6.98. The number of carbonyl (C=O) groups excluding carboxylic acids is 3. The highest BCUT2D eigenvalue weighted by molar-refractivity contribution is 6.09. The van der Waals surface area contributed by atoms with Crippen LogP contribution in [0.4, 0.5) is 0 Å². The summed E-state index contributed by atoms with van der Waals surface area (Å²) in [7, 11) is 0. The molecule has 0 amide bonds. The Morgan fingerprint density at radius 2 is 2.15 bits per heavy atom. The molecule has 0 aromatic heterocycles. The summed E-state index contributed by atoms with van der Waals surface area (Å²) in [5.41, 5.74) is 2.52. The van der Waals surface area contributed by atoms with Crippen LogP contribution >= 0.6 is 0 Å². The van der Waals surface area contributed by atoms with Gasteiger partial charge in [0.05, 0.1) is 12.5 Å². The quantitative estimate of drug-likeness (QED) is 0.611. The van der Waals surface area contributed by atoms with Gasteiger partial charge in [-0.25, -0.2) is 9.59 Å². The molecule has 0 bridgehead atoms. The monoisotopic (exact) mass is 358 g/mol. The van der Waals surface area contributed by atoms with Gasteiger partial charge >= 0.3 is 11.9 Å². The largest absolute Gasteiger partial charge is 0.458 e. The Hall–Kier alpha value is -2.47. The fraction of sp³-hybridized carbons (Fsp3) is 0.450. The van der Waals surface area contributed by atoms with Gasteiger partial charge in [0.2, 0.25) is 0 Å². The van der Waals surface area contributed by atoms with Crippen molar-refractivity contribution in [3.05, 3.63) is 46.6 Å². The highest BCUT2D eigenvalue weighted by atomic mass is 16.6. The predicted molar refractivity (Wildman–Crippen MR) is 92.8 cm³/mol. The van der Waals surface area contributed by atoms with Crippen LogP contribution in [0.25, 0.3) is 0 Å². The zero-order valence-corrected chi connectivity index (χ0v) is 15.1. The van der Waals surface area contributed by atoms with Gasteiger partial charge in [0, 0.05) is 29.1 Å². The summed E-state index contributed by atoms with van der Waals surface area (Å²) in [6.45, 7) is 8.40. The van der Waals surface area contributed by atoms with Gasteiger partial charge in [-0.05, 0) is 32.4 Å². The minimum absolute atomic E-state index is 0.188. The number of esters is 2. The molecule has 1 fully saturated rings. The fourth-order valence-electron chi connectivity index (χ4n) is 4.14. The molecule has 0 radical (unpaired) electrons. The van der Waals surface area contributed by atoms with Crippen LogP contribution < -0.4 is 0 Å². The Balaban J connectivity index is 2.10. The molecule has 0 aromatic rings. The lowest BCUT2D eigenvalue weighted by Crippen LogP contribution is -2.36. The SMILES string of the molecule is C=C(C)C(=O)O[C@H]1CC(C)=C2C(=O)C=C(CO)[C@@H]2[C@H]2OC(=O)/C(=C\C)[C@@H]21. The van der Waals surface area contributed by atoms with E-state index in [-0.39, 0.29) is 18.0 Å². The molecular formula is C20H22O6. The minimum Gasteiger partial charge on any atom is -0.458 e. The molecule has 26 heavy (non-hydrogen) atoms. The lowest BCUT2D eigenvalue weighted by molar-refractivity contribution is -0.148. The van der Waals surface area contributed by atoms with Gasteiger partial charge in [-0.2, -0.15) is 0 Å². The Morgan fingerprint density at radius 1 is 1.46 bits per heavy atom. The average molecular weight is 358 g/mol. The number of carbonyl (C=O) groups is 3. The predicted octanol–water partition coefficient (Wildman–Crippen LogP) is 1.80. The third kappa shape index (κ3) is 2.74. The number of aliphatic hydroxyl groups is 1. The summed E-state index contributed by atoms with van der Waals surface area (Å²) in [4.78, 5) is 37.0. The van der Waals surface area contributed by atoms with Crippen LogP contribution in [0.5, 0.6) is 0 Å². The lowest BCUT2D eigenvalue weighted by atomic mass is 9.81.